The molecule has 42 heavy (non-hydrogen) atoms. The number of hydrogen-bond donors (Lipinski definition) is 1. The fourth-order valence-electron chi connectivity index (χ4n) is 5.25. The Labute approximate surface area is 249 Å². The smallest absolute Gasteiger partial charge is 0.264 e. The van der Waals surface area contributed by atoms with E-state index in [2.05, 4.69) is 5.32 Å². The van der Waals surface area contributed by atoms with Crippen LogP contribution in [0.1, 0.15) is 50.2 Å². The van der Waals surface area contributed by atoms with Gasteiger partial charge in [-0.25, -0.2) is 8.42 Å². The summed E-state index contributed by atoms with van der Waals surface area (Å²) in [6.45, 7) is 3.40. The van der Waals surface area contributed by atoms with Gasteiger partial charge in [0, 0.05) is 12.6 Å². The second-order valence-corrected chi connectivity index (χ2v) is 12.7. The average molecular weight is 592 g/mol. The summed E-state index contributed by atoms with van der Waals surface area (Å²) in [7, 11) is -2.58. The number of sulfonamides is 1. The van der Waals surface area contributed by atoms with E-state index in [1.54, 1.807) is 55.5 Å². The molecule has 1 aliphatic carbocycles. The van der Waals surface area contributed by atoms with Gasteiger partial charge in [-0.3, -0.25) is 13.9 Å². The maximum Gasteiger partial charge on any atom is 0.264 e. The lowest BCUT2D eigenvalue weighted by Crippen LogP contribution is -2.53. The normalized spacial score (nSPS) is 14.5. The lowest BCUT2D eigenvalue weighted by Gasteiger charge is -2.33. The molecule has 1 atom stereocenters. The quantitative estimate of drug-likeness (QED) is 0.316. The molecule has 1 saturated carbocycles. The lowest BCUT2D eigenvalue weighted by atomic mass is 9.95. The maximum absolute atomic E-state index is 14.1. The third-order valence-corrected chi connectivity index (χ3v) is 9.64. The van der Waals surface area contributed by atoms with Gasteiger partial charge in [-0.15, -0.1) is 0 Å². The molecule has 0 aromatic heterocycles. The molecule has 0 heterocycles. The lowest BCUT2D eigenvalue weighted by molar-refractivity contribution is -0.139. The van der Waals surface area contributed by atoms with Crippen LogP contribution in [0.3, 0.4) is 0 Å². The van der Waals surface area contributed by atoms with Crippen LogP contribution in [0, 0.1) is 6.92 Å². The molecule has 1 aliphatic rings. The number of carbonyl (C=O) groups is 2. The second kappa shape index (κ2) is 14.4. The topological polar surface area (TPSA) is 96.0 Å². The number of methoxy groups -OCH3 is 1. The number of nitrogens with zero attached hydrogens (tertiary/aromatic N) is 2. The summed E-state index contributed by atoms with van der Waals surface area (Å²) in [6, 6.07) is 22.1. The zero-order valence-corrected chi connectivity index (χ0v) is 25.5. The van der Waals surface area contributed by atoms with Crippen molar-refractivity contribution in [2.45, 2.75) is 69.4 Å². The van der Waals surface area contributed by atoms with E-state index < -0.39 is 28.5 Å². The minimum absolute atomic E-state index is 0.0793. The Morgan fingerprint density at radius 2 is 1.57 bits per heavy atom. The number of amides is 2. The summed E-state index contributed by atoms with van der Waals surface area (Å²) < 4.78 is 34.3. The van der Waals surface area contributed by atoms with Crippen LogP contribution in [-0.4, -0.2) is 57.4 Å². The minimum atomic E-state index is -4.11. The Balaban J connectivity index is 1.64. The van der Waals surface area contributed by atoms with E-state index in [9.17, 15) is 18.0 Å². The van der Waals surface area contributed by atoms with Crippen molar-refractivity contribution in [2.24, 2.45) is 0 Å². The van der Waals surface area contributed by atoms with E-state index in [0.29, 0.717) is 17.9 Å². The van der Waals surface area contributed by atoms with Crippen molar-refractivity contribution in [3.8, 4) is 5.75 Å². The Morgan fingerprint density at radius 1 is 0.929 bits per heavy atom. The van der Waals surface area contributed by atoms with Gasteiger partial charge in [-0.05, 0) is 75.1 Å². The molecule has 0 radical (unpaired) electrons. The van der Waals surface area contributed by atoms with Crippen molar-refractivity contribution in [1.29, 1.82) is 0 Å². The molecule has 3 aromatic rings. The van der Waals surface area contributed by atoms with E-state index in [-0.39, 0.29) is 23.4 Å². The van der Waals surface area contributed by atoms with Crippen molar-refractivity contribution in [2.75, 3.05) is 24.5 Å². The van der Waals surface area contributed by atoms with Crippen LogP contribution in [0.15, 0.2) is 83.8 Å². The Bertz CT molecular complexity index is 1420. The molecule has 1 unspecified atom stereocenters. The van der Waals surface area contributed by atoms with Gasteiger partial charge >= 0.3 is 0 Å². The number of benzene rings is 3. The highest BCUT2D eigenvalue weighted by Crippen LogP contribution is 2.27. The van der Waals surface area contributed by atoms with Gasteiger partial charge in [-0.1, -0.05) is 67.3 Å². The van der Waals surface area contributed by atoms with Crippen LogP contribution < -0.4 is 14.4 Å². The summed E-state index contributed by atoms with van der Waals surface area (Å²) in [5.41, 5.74) is 2.27. The van der Waals surface area contributed by atoms with Gasteiger partial charge in [0.05, 0.1) is 17.7 Å². The second-order valence-electron chi connectivity index (χ2n) is 10.9. The third-order valence-electron chi connectivity index (χ3n) is 7.85. The molecule has 224 valence electrons. The number of nitrogens with one attached hydrogen (secondary N) is 1. The molecule has 0 bridgehead atoms. The summed E-state index contributed by atoms with van der Waals surface area (Å²) in [5, 5.41) is 3.13. The number of rotatable bonds is 12. The molecule has 0 saturated heterocycles. The van der Waals surface area contributed by atoms with Crippen molar-refractivity contribution in [1.82, 2.24) is 10.2 Å². The van der Waals surface area contributed by atoms with Gasteiger partial charge in [0.2, 0.25) is 11.8 Å². The van der Waals surface area contributed by atoms with Gasteiger partial charge < -0.3 is 15.0 Å². The first-order valence-electron chi connectivity index (χ1n) is 14.6. The Hall–Kier alpha value is -3.85. The third kappa shape index (κ3) is 7.91. The molecule has 3 aromatic carbocycles. The van der Waals surface area contributed by atoms with Gasteiger partial charge in [0.25, 0.3) is 10.0 Å². The molecule has 0 aliphatic heterocycles. The van der Waals surface area contributed by atoms with Crippen molar-refractivity contribution in [3.63, 3.8) is 0 Å². The van der Waals surface area contributed by atoms with E-state index in [4.69, 9.17) is 4.74 Å². The predicted molar refractivity (Wildman–Crippen MR) is 165 cm³/mol. The highest BCUT2D eigenvalue weighted by atomic mass is 32.2. The SMILES string of the molecule is COc1ccc(N(CC(=O)N(CCc2ccccc2)C(C)C(=O)NC2CCCCC2)S(=O)(=O)c2ccc(C)cc2)cc1. The van der Waals surface area contributed by atoms with E-state index in [1.807, 2.05) is 37.3 Å². The van der Waals surface area contributed by atoms with Crippen LogP contribution in [0.2, 0.25) is 0 Å². The van der Waals surface area contributed by atoms with E-state index >= 15 is 0 Å². The highest BCUT2D eigenvalue weighted by Gasteiger charge is 2.33. The van der Waals surface area contributed by atoms with E-state index in [0.717, 1.165) is 41.1 Å². The first-order chi connectivity index (χ1) is 20.2. The standard InChI is InChI=1S/C33H41N3O5S/c1-25-14-20-31(21-15-25)42(39,40)36(29-16-18-30(41-3)19-17-29)24-32(37)35(23-22-27-10-6-4-7-11-27)26(2)33(38)34-28-12-8-5-9-13-28/h4,6-7,10-11,14-21,26,28H,5,8-9,12-13,22-24H2,1-3H3,(H,34,38). The fourth-order valence-corrected chi connectivity index (χ4v) is 6.67. The first kappa shape index (κ1) is 31.1. The molecule has 0 spiro atoms. The Kier molecular flexibility index (Phi) is 10.6. The van der Waals surface area contributed by atoms with Crippen LogP contribution >= 0.6 is 0 Å². The largest absolute Gasteiger partial charge is 0.497 e. The molecule has 1 fully saturated rings. The van der Waals surface area contributed by atoms with Crippen molar-refractivity contribution in [3.05, 3.63) is 90.0 Å². The van der Waals surface area contributed by atoms with Crippen LogP contribution in [0.5, 0.6) is 5.75 Å². The molecule has 4 rings (SSSR count). The number of ether oxygens (including phenoxy) is 1. The van der Waals surface area contributed by atoms with Crippen molar-refractivity contribution < 1.29 is 22.7 Å². The summed E-state index contributed by atoms with van der Waals surface area (Å²) in [6.07, 6.45) is 5.70. The van der Waals surface area contributed by atoms with E-state index in [1.165, 1.54) is 18.4 Å². The van der Waals surface area contributed by atoms with Crippen LogP contribution in [-0.2, 0) is 26.0 Å². The molecular weight excluding hydrogens is 550 g/mol. The van der Waals surface area contributed by atoms with Gasteiger partial charge in [-0.2, -0.15) is 0 Å². The summed E-state index contributed by atoms with van der Waals surface area (Å²) in [4.78, 5) is 29.0. The Morgan fingerprint density at radius 3 is 2.19 bits per heavy atom. The summed E-state index contributed by atoms with van der Waals surface area (Å²) >= 11 is 0. The number of aryl methyl sites for hydroxylation is 1. The summed E-state index contributed by atoms with van der Waals surface area (Å²) in [5.74, 6) is -0.111. The van der Waals surface area contributed by atoms with Crippen LogP contribution in [0.4, 0.5) is 5.69 Å². The predicted octanol–water partition coefficient (Wildman–Crippen LogP) is 5.11. The first-order valence-corrected chi connectivity index (χ1v) is 16.0. The molecule has 1 N–H and O–H groups in total. The minimum Gasteiger partial charge on any atom is -0.497 e. The number of hydrogen-bond acceptors (Lipinski definition) is 5. The maximum atomic E-state index is 14.1. The molecule has 2 amide bonds. The molecule has 8 nitrogen and oxygen atoms in total. The van der Waals surface area contributed by atoms with Gasteiger partial charge in [0.15, 0.2) is 0 Å². The zero-order chi connectivity index (χ0) is 30.1. The average Bonchev–Trinajstić information content (AvgIpc) is 3.01. The fraction of sp³-hybridized carbons (Fsp3) is 0.394. The molecular formula is C33H41N3O5S. The van der Waals surface area contributed by atoms with Gasteiger partial charge in [0.1, 0.15) is 18.3 Å². The zero-order valence-electron chi connectivity index (χ0n) is 24.7. The van der Waals surface area contributed by atoms with Crippen LogP contribution in [0.25, 0.3) is 0 Å². The van der Waals surface area contributed by atoms with Crippen molar-refractivity contribution >= 4 is 27.5 Å². The number of anilines is 1. The highest BCUT2D eigenvalue weighted by molar-refractivity contribution is 7.92. The molecule has 9 heteroatoms. The number of carbonyl (C=O) groups excluding carboxylic acids is 2. The monoisotopic (exact) mass is 591 g/mol.